The topological polar surface area (TPSA) is 113 Å². The van der Waals surface area contributed by atoms with Crippen molar-refractivity contribution in [2.45, 2.75) is 44.1 Å². The van der Waals surface area contributed by atoms with Crippen molar-refractivity contribution in [3.05, 3.63) is 64.1 Å². The Morgan fingerprint density at radius 1 is 1.38 bits per heavy atom. The first-order chi connectivity index (χ1) is 15.4. The molecule has 166 valence electrons. The Hall–Kier alpha value is -3.04. The van der Waals surface area contributed by atoms with Gasteiger partial charge in [-0.25, -0.2) is 4.98 Å². The van der Waals surface area contributed by atoms with E-state index in [1.165, 1.54) is 11.8 Å². The lowest BCUT2D eigenvalue weighted by Gasteiger charge is -2.19. The third-order valence-corrected chi connectivity index (χ3v) is 6.67. The highest BCUT2D eigenvalue weighted by atomic mass is 35.5. The summed E-state index contributed by atoms with van der Waals surface area (Å²) in [5.74, 6) is 0.553. The molecule has 1 amide bonds. The maximum Gasteiger partial charge on any atom is 0.233 e. The number of hydrogen-bond acceptors (Lipinski definition) is 6. The van der Waals surface area contributed by atoms with Gasteiger partial charge in [-0.1, -0.05) is 36.4 Å². The van der Waals surface area contributed by atoms with Crippen molar-refractivity contribution in [3.63, 3.8) is 0 Å². The average Bonchev–Trinajstić information content (AvgIpc) is 3.42. The number of furan rings is 1. The molecule has 0 bridgehead atoms. The van der Waals surface area contributed by atoms with Crippen LogP contribution in [0.4, 0.5) is 0 Å². The summed E-state index contributed by atoms with van der Waals surface area (Å²) in [6.07, 6.45) is 2.15. The third-order valence-electron chi connectivity index (χ3n) is 5.12. The number of hydrogen-bond donors (Lipinski definition) is 3. The number of H-pyrrole nitrogens is 1. The molecule has 0 radical (unpaired) electrons. The Morgan fingerprint density at radius 3 is 2.91 bits per heavy atom. The van der Waals surface area contributed by atoms with Crippen LogP contribution in [0.3, 0.4) is 0 Å². The van der Waals surface area contributed by atoms with Gasteiger partial charge in [0, 0.05) is 10.7 Å². The fourth-order valence-electron chi connectivity index (χ4n) is 3.41. The number of carbonyl (C=O) groups is 1. The van der Waals surface area contributed by atoms with Gasteiger partial charge in [-0.3, -0.25) is 19.9 Å². The van der Waals surface area contributed by atoms with E-state index in [9.17, 15) is 4.79 Å². The van der Waals surface area contributed by atoms with Gasteiger partial charge in [0.05, 0.1) is 29.1 Å². The normalized spacial score (nSPS) is 12.2. The monoisotopic (exact) mass is 470 g/mol. The summed E-state index contributed by atoms with van der Waals surface area (Å²) < 4.78 is 7.03. The Balaban J connectivity index is 1.76. The Bertz CT molecular complexity index is 1330. The second kappa shape index (κ2) is 9.22. The van der Waals surface area contributed by atoms with Crippen molar-refractivity contribution in [2.24, 2.45) is 0 Å². The van der Waals surface area contributed by atoms with Crippen LogP contribution in [0.25, 0.3) is 16.7 Å². The van der Waals surface area contributed by atoms with E-state index in [0.29, 0.717) is 39.9 Å². The lowest BCUT2D eigenvalue weighted by molar-refractivity contribution is -0.120. The Morgan fingerprint density at radius 2 is 2.19 bits per heavy atom. The molecule has 4 rings (SSSR count). The molecular formula is C22H23ClN6O2S. The van der Waals surface area contributed by atoms with E-state index in [2.05, 4.69) is 15.5 Å². The van der Waals surface area contributed by atoms with Gasteiger partial charge in [0.1, 0.15) is 11.2 Å². The predicted molar refractivity (Wildman–Crippen MR) is 124 cm³/mol. The van der Waals surface area contributed by atoms with Crippen LogP contribution in [0.2, 0.25) is 5.02 Å². The number of aromatic nitrogens is 4. The van der Waals surface area contributed by atoms with E-state index in [1.807, 2.05) is 39.0 Å². The van der Waals surface area contributed by atoms with Crippen LogP contribution in [-0.4, -0.2) is 30.9 Å². The molecule has 3 N–H and O–H groups in total. The first-order valence-electron chi connectivity index (χ1n) is 10.1. The molecule has 3 aromatic heterocycles. The fourth-order valence-corrected chi connectivity index (χ4v) is 4.62. The highest BCUT2D eigenvalue weighted by Gasteiger charge is 2.23. The van der Waals surface area contributed by atoms with Crippen LogP contribution >= 0.6 is 23.4 Å². The number of amides is 1. The van der Waals surface area contributed by atoms with Crippen molar-refractivity contribution in [1.29, 1.82) is 5.41 Å². The largest absolute Gasteiger partial charge is 0.467 e. The molecule has 8 nitrogen and oxygen atoms in total. The molecule has 4 aromatic rings. The second-order valence-corrected chi connectivity index (χ2v) is 8.97. The molecule has 32 heavy (non-hydrogen) atoms. The third kappa shape index (κ3) is 4.31. The minimum Gasteiger partial charge on any atom is -0.467 e. The van der Waals surface area contributed by atoms with Crippen LogP contribution in [0, 0.1) is 19.3 Å². The smallest absolute Gasteiger partial charge is 0.233 e. The maximum absolute atomic E-state index is 12.9. The van der Waals surface area contributed by atoms with Crippen LogP contribution in [-0.2, 0) is 11.3 Å². The van der Waals surface area contributed by atoms with Gasteiger partial charge in [-0.15, -0.1) is 0 Å². The molecule has 10 heteroatoms. The molecule has 1 unspecified atom stereocenters. The number of rotatable bonds is 7. The van der Waals surface area contributed by atoms with E-state index in [-0.39, 0.29) is 11.4 Å². The fraction of sp³-hybridized carbons (Fsp3) is 0.273. The maximum atomic E-state index is 12.9. The summed E-state index contributed by atoms with van der Waals surface area (Å²) in [5, 5.41) is 20.2. The molecule has 0 aliphatic rings. The van der Waals surface area contributed by atoms with Crippen molar-refractivity contribution in [3.8, 4) is 5.69 Å². The number of nitrogens with one attached hydrogen (secondary N) is 3. The number of carbonyl (C=O) groups excluding carboxylic acids is 1. The van der Waals surface area contributed by atoms with Gasteiger partial charge in [0.2, 0.25) is 5.91 Å². The number of halogens is 1. The molecule has 0 spiro atoms. The van der Waals surface area contributed by atoms with Gasteiger partial charge in [-0.2, -0.15) is 5.10 Å². The van der Waals surface area contributed by atoms with Crippen LogP contribution < -0.4 is 10.8 Å². The zero-order valence-electron chi connectivity index (χ0n) is 17.9. The van der Waals surface area contributed by atoms with Gasteiger partial charge in [0.15, 0.2) is 10.8 Å². The quantitative estimate of drug-likeness (QED) is 0.275. The first-order valence-corrected chi connectivity index (χ1v) is 11.4. The first kappa shape index (κ1) is 22.2. The summed E-state index contributed by atoms with van der Waals surface area (Å²) in [6.45, 7) is 6.06. The number of aryl methyl sites for hydroxylation is 2. The zero-order valence-corrected chi connectivity index (χ0v) is 19.5. The highest BCUT2D eigenvalue weighted by Crippen LogP contribution is 2.29. The van der Waals surface area contributed by atoms with Gasteiger partial charge < -0.3 is 9.73 Å². The van der Waals surface area contributed by atoms with E-state index in [0.717, 1.165) is 16.9 Å². The van der Waals surface area contributed by atoms with Crippen molar-refractivity contribution in [1.82, 2.24) is 25.1 Å². The molecular weight excluding hydrogens is 448 g/mol. The van der Waals surface area contributed by atoms with Crippen molar-refractivity contribution in [2.75, 3.05) is 0 Å². The summed E-state index contributed by atoms with van der Waals surface area (Å²) in [5.41, 5.74) is 3.11. The van der Waals surface area contributed by atoms with Crippen molar-refractivity contribution >= 4 is 40.3 Å². The predicted octanol–water partition coefficient (Wildman–Crippen LogP) is 4.28. The number of benzene rings is 1. The molecule has 3 heterocycles. The number of thioether (sulfide) groups is 1. The van der Waals surface area contributed by atoms with E-state index < -0.39 is 5.25 Å². The van der Waals surface area contributed by atoms with Gasteiger partial charge in [-0.05, 0) is 50.1 Å². The minimum atomic E-state index is -0.417. The number of aromatic amines is 1. The Labute approximate surface area is 193 Å². The molecule has 0 aliphatic carbocycles. The second-order valence-electron chi connectivity index (χ2n) is 7.37. The molecule has 0 saturated heterocycles. The number of fused-ring (bicyclic) bond motifs is 1. The minimum absolute atomic E-state index is 0.130. The lowest BCUT2D eigenvalue weighted by Crippen LogP contribution is -2.33. The number of nitrogens with zero attached hydrogens (tertiary/aromatic N) is 3. The molecule has 0 saturated carbocycles. The van der Waals surface area contributed by atoms with E-state index in [4.69, 9.17) is 26.4 Å². The molecule has 0 aliphatic heterocycles. The molecule has 0 fully saturated rings. The van der Waals surface area contributed by atoms with Crippen molar-refractivity contribution < 1.29 is 9.21 Å². The molecule has 1 aromatic carbocycles. The lowest BCUT2D eigenvalue weighted by atomic mass is 10.2. The summed E-state index contributed by atoms with van der Waals surface area (Å²) in [4.78, 5) is 17.6. The van der Waals surface area contributed by atoms with Gasteiger partial charge >= 0.3 is 0 Å². The van der Waals surface area contributed by atoms with Gasteiger partial charge in [0.25, 0.3) is 0 Å². The SMILES string of the molecule is CCC(Sc1nc2n[nH]c(C)c2c(=N)n1-c1cc(Cl)ccc1C)C(=O)NCc1ccco1. The van der Waals surface area contributed by atoms with Crippen LogP contribution in [0.1, 0.15) is 30.4 Å². The molecule has 1 atom stereocenters. The Kier molecular flexibility index (Phi) is 6.38. The van der Waals surface area contributed by atoms with Crippen LogP contribution in [0.5, 0.6) is 0 Å². The average molecular weight is 471 g/mol. The highest BCUT2D eigenvalue weighted by molar-refractivity contribution is 8.00. The summed E-state index contributed by atoms with van der Waals surface area (Å²) in [6, 6.07) is 9.11. The van der Waals surface area contributed by atoms with Crippen LogP contribution in [0.15, 0.2) is 46.2 Å². The van der Waals surface area contributed by atoms with E-state index in [1.54, 1.807) is 23.0 Å². The summed E-state index contributed by atoms with van der Waals surface area (Å²) in [7, 11) is 0. The summed E-state index contributed by atoms with van der Waals surface area (Å²) >= 11 is 7.58. The van der Waals surface area contributed by atoms with E-state index >= 15 is 0 Å². The standard InChI is InChI=1S/C22H23ClN6O2S/c1-4-17(21(30)25-11-15-6-5-9-31-15)32-22-26-20-18(13(3)27-28-20)19(24)29(22)16-10-14(23)8-7-12(16)2/h5-10,17,24H,4,11H2,1-3H3,(H,25,30)(H,27,28). The zero-order chi connectivity index (χ0) is 22.8.